The van der Waals surface area contributed by atoms with Crippen molar-refractivity contribution in [1.29, 1.82) is 10.7 Å². The molecule has 0 aliphatic carbocycles. The molecule has 2 aromatic carbocycles. The Morgan fingerprint density at radius 3 is 2.74 bits per heavy atom. The van der Waals surface area contributed by atoms with E-state index in [-0.39, 0.29) is 23.7 Å². The molecule has 0 spiro atoms. The van der Waals surface area contributed by atoms with Gasteiger partial charge in [0, 0.05) is 34.4 Å². The zero-order valence-corrected chi connectivity index (χ0v) is 21.2. The molecule has 0 radical (unpaired) electrons. The summed E-state index contributed by atoms with van der Waals surface area (Å²) >= 11 is 12.4. The molecule has 6 nitrogen and oxygen atoms in total. The average Bonchev–Trinajstić information content (AvgIpc) is 2.88. The van der Waals surface area contributed by atoms with E-state index in [0.717, 1.165) is 48.9 Å². The van der Waals surface area contributed by atoms with Gasteiger partial charge in [0.25, 0.3) is 0 Å². The van der Waals surface area contributed by atoms with Crippen molar-refractivity contribution in [3.63, 3.8) is 0 Å². The van der Waals surface area contributed by atoms with Crippen LogP contribution in [-0.2, 0) is 4.79 Å². The molecule has 0 bridgehead atoms. The molecule has 2 atom stereocenters. The first-order valence-corrected chi connectivity index (χ1v) is 12.7. The summed E-state index contributed by atoms with van der Waals surface area (Å²) in [4.78, 5) is 14.8. The number of benzene rings is 2. The summed E-state index contributed by atoms with van der Waals surface area (Å²) in [6.07, 6.45) is 6.00. The van der Waals surface area contributed by atoms with Crippen molar-refractivity contribution >= 4 is 46.1 Å². The van der Waals surface area contributed by atoms with Crippen LogP contribution in [0.15, 0.2) is 42.5 Å². The standard InChI is InChI=1S/C27H29Cl2N5O/c1-17(21-8-6-20(28)15-23(21)29)33-26-14-19(5-7-22(26)24(31)16-30)18-9-12-34(13-10-18)27(35)25-4-2-3-11-32-25/h5-9,14-15,17,25,31-33H,2-4,10-13H2,1H3. The predicted octanol–water partition coefficient (Wildman–Crippen LogP) is 5.82. The molecule has 0 aromatic heterocycles. The molecule has 4 rings (SSSR count). The lowest BCUT2D eigenvalue weighted by Gasteiger charge is -2.32. The first kappa shape index (κ1) is 25.2. The lowest BCUT2D eigenvalue weighted by molar-refractivity contribution is -0.133. The second kappa shape index (κ2) is 11.3. The molecule has 1 saturated heterocycles. The Bertz CT molecular complexity index is 1200. The highest BCUT2D eigenvalue weighted by Crippen LogP contribution is 2.32. The summed E-state index contributed by atoms with van der Waals surface area (Å²) in [5, 5.41) is 25.4. The Hall–Kier alpha value is -2.85. The fourth-order valence-corrected chi connectivity index (χ4v) is 5.29. The number of halogens is 2. The normalized spacial score (nSPS) is 18.9. The summed E-state index contributed by atoms with van der Waals surface area (Å²) in [5.74, 6) is 0.189. The van der Waals surface area contributed by atoms with E-state index in [9.17, 15) is 10.1 Å². The molecule has 1 amide bonds. The van der Waals surface area contributed by atoms with Gasteiger partial charge in [-0.25, -0.2) is 0 Å². The Morgan fingerprint density at radius 1 is 1.26 bits per heavy atom. The van der Waals surface area contributed by atoms with E-state index in [1.54, 1.807) is 12.1 Å². The summed E-state index contributed by atoms with van der Waals surface area (Å²) in [6.45, 7) is 4.15. The van der Waals surface area contributed by atoms with Gasteiger partial charge in [-0.05, 0) is 73.7 Å². The largest absolute Gasteiger partial charge is 0.378 e. The third-order valence-electron chi connectivity index (χ3n) is 6.70. The molecule has 2 aliphatic rings. The lowest BCUT2D eigenvalue weighted by Crippen LogP contribution is -2.49. The summed E-state index contributed by atoms with van der Waals surface area (Å²) < 4.78 is 0. The van der Waals surface area contributed by atoms with Crippen molar-refractivity contribution in [3.05, 3.63) is 69.2 Å². The fourth-order valence-electron chi connectivity index (χ4n) is 4.72. The summed E-state index contributed by atoms with van der Waals surface area (Å²) in [7, 11) is 0. The van der Waals surface area contributed by atoms with Crippen LogP contribution in [0.3, 0.4) is 0 Å². The van der Waals surface area contributed by atoms with Crippen LogP contribution >= 0.6 is 23.2 Å². The Kier molecular flexibility index (Phi) is 8.12. The number of piperidine rings is 1. The van der Waals surface area contributed by atoms with E-state index in [2.05, 4.69) is 16.7 Å². The number of carbonyl (C=O) groups is 1. The molecule has 2 heterocycles. The highest BCUT2D eigenvalue weighted by molar-refractivity contribution is 6.35. The van der Waals surface area contributed by atoms with Gasteiger partial charge in [0.05, 0.1) is 12.1 Å². The smallest absolute Gasteiger partial charge is 0.239 e. The third-order valence-corrected chi connectivity index (χ3v) is 7.26. The maximum absolute atomic E-state index is 12.9. The van der Waals surface area contributed by atoms with Crippen LogP contribution in [0.2, 0.25) is 10.0 Å². The predicted molar refractivity (Wildman–Crippen MR) is 142 cm³/mol. The van der Waals surface area contributed by atoms with Gasteiger partial charge >= 0.3 is 0 Å². The van der Waals surface area contributed by atoms with Crippen molar-refractivity contribution < 1.29 is 4.79 Å². The van der Waals surface area contributed by atoms with Gasteiger partial charge < -0.3 is 15.5 Å². The average molecular weight is 510 g/mol. The summed E-state index contributed by atoms with van der Waals surface area (Å²) in [5.41, 5.74) is 4.16. The van der Waals surface area contributed by atoms with Crippen LogP contribution in [-0.4, -0.2) is 42.2 Å². The van der Waals surface area contributed by atoms with E-state index in [0.29, 0.717) is 34.4 Å². The number of nitrogens with zero attached hydrogens (tertiary/aromatic N) is 2. The van der Waals surface area contributed by atoms with Crippen LogP contribution in [0.1, 0.15) is 55.3 Å². The van der Waals surface area contributed by atoms with Crippen LogP contribution in [0.5, 0.6) is 0 Å². The molecule has 2 unspecified atom stereocenters. The quantitative estimate of drug-likeness (QED) is 0.428. The van der Waals surface area contributed by atoms with Gasteiger partial charge in [-0.2, -0.15) is 5.26 Å². The number of anilines is 1. The number of amides is 1. The molecular formula is C27H29Cl2N5O. The van der Waals surface area contributed by atoms with E-state index in [4.69, 9.17) is 28.6 Å². The monoisotopic (exact) mass is 509 g/mol. The number of hydrogen-bond donors (Lipinski definition) is 3. The van der Waals surface area contributed by atoms with Gasteiger partial charge in [-0.1, -0.05) is 47.8 Å². The molecule has 0 saturated carbocycles. The van der Waals surface area contributed by atoms with Crippen LogP contribution < -0.4 is 10.6 Å². The second-order valence-electron chi connectivity index (χ2n) is 9.05. The van der Waals surface area contributed by atoms with E-state index in [1.807, 2.05) is 42.2 Å². The Morgan fingerprint density at radius 2 is 2.09 bits per heavy atom. The molecule has 2 aromatic rings. The van der Waals surface area contributed by atoms with Crippen LogP contribution in [0.25, 0.3) is 5.57 Å². The molecular weight excluding hydrogens is 481 g/mol. The van der Waals surface area contributed by atoms with E-state index >= 15 is 0 Å². The number of hydrogen-bond acceptors (Lipinski definition) is 5. The highest BCUT2D eigenvalue weighted by atomic mass is 35.5. The van der Waals surface area contributed by atoms with Crippen LogP contribution in [0.4, 0.5) is 5.69 Å². The third kappa shape index (κ3) is 5.87. The zero-order chi connectivity index (χ0) is 24.9. The van der Waals surface area contributed by atoms with Gasteiger partial charge in [0.1, 0.15) is 11.8 Å². The molecule has 182 valence electrons. The molecule has 35 heavy (non-hydrogen) atoms. The minimum absolute atomic E-state index is 0.0630. The fraction of sp³-hybridized carbons (Fsp3) is 0.370. The van der Waals surface area contributed by atoms with E-state index in [1.165, 1.54) is 0 Å². The maximum Gasteiger partial charge on any atom is 0.239 e. The van der Waals surface area contributed by atoms with Crippen molar-refractivity contribution in [2.75, 3.05) is 25.0 Å². The number of rotatable bonds is 6. The molecule has 1 fully saturated rings. The van der Waals surface area contributed by atoms with Crippen molar-refractivity contribution in [2.24, 2.45) is 0 Å². The van der Waals surface area contributed by atoms with Crippen molar-refractivity contribution in [1.82, 2.24) is 10.2 Å². The minimum Gasteiger partial charge on any atom is -0.378 e. The number of carbonyl (C=O) groups excluding carboxylic acids is 1. The van der Waals surface area contributed by atoms with Gasteiger partial charge in [-0.15, -0.1) is 0 Å². The number of nitriles is 1. The van der Waals surface area contributed by atoms with Gasteiger partial charge in [0.2, 0.25) is 5.91 Å². The van der Waals surface area contributed by atoms with Crippen molar-refractivity contribution in [2.45, 2.75) is 44.7 Å². The SMILES string of the molecule is CC(Nc1cc(C2=CCN(C(=O)C3CCCCN3)CC2)ccc1C(=N)C#N)c1ccc(Cl)cc1Cl. The lowest BCUT2D eigenvalue weighted by atomic mass is 9.95. The molecule has 3 N–H and O–H groups in total. The number of nitrogens with one attached hydrogen (secondary N) is 3. The first-order valence-electron chi connectivity index (χ1n) is 11.9. The topological polar surface area (TPSA) is 92.0 Å². The first-order chi connectivity index (χ1) is 16.9. The summed E-state index contributed by atoms with van der Waals surface area (Å²) in [6, 6.07) is 12.8. The van der Waals surface area contributed by atoms with E-state index < -0.39 is 0 Å². The van der Waals surface area contributed by atoms with Gasteiger partial charge in [0.15, 0.2) is 0 Å². The Labute approximate surface area is 216 Å². The minimum atomic E-state index is -0.170. The molecule has 2 aliphatic heterocycles. The maximum atomic E-state index is 12.9. The highest BCUT2D eigenvalue weighted by Gasteiger charge is 2.27. The Balaban J connectivity index is 1.55. The zero-order valence-electron chi connectivity index (χ0n) is 19.7. The second-order valence-corrected chi connectivity index (χ2v) is 9.89. The molecule has 8 heteroatoms. The van der Waals surface area contributed by atoms with Crippen LogP contribution in [0, 0.1) is 16.7 Å². The van der Waals surface area contributed by atoms with Crippen molar-refractivity contribution in [3.8, 4) is 6.07 Å². The van der Waals surface area contributed by atoms with Gasteiger partial charge in [-0.3, -0.25) is 10.2 Å².